The first-order valence-corrected chi connectivity index (χ1v) is 19.0. The monoisotopic (exact) mass is 667 g/mol. The standard InChI is InChI=1S/C43H42NO2PS/c1-42(2,3)48(45)44(6)39(34-25-15-19-30-18-13-14-24-33(30)34)35-26-16-27-36-40(35)46-41-37(43(36,4)5)28-17-29-38(41)47(31-20-9-7-10-21-31)32-22-11-8-12-23-32/h7-29,39H,1-6H3. The van der Waals surface area contributed by atoms with Gasteiger partial charge in [-0.2, -0.15) is 0 Å². The van der Waals surface area contributed by atoms with E-state index in [1.54, 1.807) is 0 Å². The average Bonchev–Trinajstić information content (AvgIpc) is 3.09. The van der Waals surface area contributed by atoms with Crippen LogP contribution in [0.2, 0.25) is 0 Å². The van der Waals surface area contributed by atoms with Gasteiger partial charge in [0.25, 0.3) is 0 Å². The van der Waals surface area contributed by atoms with Crippen LogP contribution in [0.15, 0.2) is 140 Å². The molecule has 2 unspecified atom stereocenters. The van der Waals surface area contributed by atoms with Crippen molar-refractivity contribution < 1.29 is 8.95 Å². The van der Waals surface area contributed by atoms with Crippen molar-refractivity contribution in [3.8, 4) is 11.5 Å². The van der Waals surface area contributed by atoms with E-state index in [-0.39, 0.29) is 11.5 Å². The molecule has 6 aromatic carbocycles. The number of ether oxygens (including phenoxy) is 1. The number of nitrogens with zero attached hydrogens (tertiary/aromatic N) is 1. The molecule has 1 aliphatic rings. The summed E-state index contributed by atoms with van der Waals surface area (Å²) in [6, 6.07) is 49.4. The Morgan fingerprint density at radius 1 is 0.646 bits per heavy atom. The van der Waals surface area contributed by atoms with E-state index < -0.39 is 23.7 Å². The highest BCUT2D eigenvalue weighted by Crippen LogP contribution is 2.53. The van der Waals surface area contributed by atoms with Crippen molar-refractivity contribution in [3.63, 3.8) is 0 Å². The highest BCUT2D eigenvalue weighted by atomic mass is 32.2. The quantitative estimate of drug-likeness (QED) is 0.159. The maximum Gasteiger partial charge on any atom is 0.139 e. The van der Waals surface area contributed by atoms with Crippen molar-refractivity contribution >= 4 is 45.6 Å². The molecule has 0 aromatic heterocycles. The molecule has 242 valence electrons. The number of rotatable bonds is 7. The van der Waals surface area contributed by atoms with E-state index in [1.807, 2.05) is 32.1 Å². The van der Waals surface area contributed by atoms with E-state index in [0.29, 0.717) is 0 Å². The summed E-state index contributed by atoms with van der Waals surface area (Å²) < 4.78 is 23.1. The number of benzene rings is 6. The lowest BCUT2D eigenvalue weighted by Crippen LogP contribution is -2.38. The van der Waals surface area contributed by atoms with Crippen LogP contribution in [0.4, 0.5) is 0 Å². The van der Waals surface area contributed by atoms with Crippen molar-refractivity contribution in [2.45, 2.75) is 50.8 Å². The fourth-order valence-corrected chi connectivity index (χ4v) is 10.8. The molecule has 6 aromatic rings. The summed E-state index contributed by atoms with van der Waals surface area (Å²) in [5, 5.41) is 6.06. The van der Waals surface area contributed by atoms with E-state index in [4.69, 9.17) is 4.74 Å². The summed E-state index contributed by atoms with van der Waals surface area (Å²) in [4.78, 5) is 0. The van der Waals surface area contributed by atoms with Crippen LogP contribution in [0.1, 0.15) is 62.9 Å². The van der Waals surface area contributed by atoms with Crippen molar-refractivity contribution in [1.82, 2.24) is 4.31 Å². The molecule has 0 saturated heterocycles. The first-order valence-electron chi connectivity index (χ1n) is 16.5. The normalized spacial score (nSPS) is 15.1. The maximum absolute atomic E-state index is 14.2. The molecule has 7 rings (SSSR count). The van der Waals surface area contributed by atoms with Gasteiger partial charge in [0.05, 0.1) is 10.8 Å². The maximum atomic E-state index is 14.2. The molecule has 5 heteroatoms. The summed E-state index contributed by atoms with van der Waals surface area (Å²) in [6.45, 7) is 10.7. The number of hydrogen-bond acceptors (Lipinski definition) is 2. The van der Waals surface area contributed by atoms with Crippen LogP contribution in [-0.4, -0.2) is 20.3 Å². The first kappa shape index (κ1) is 32.5. The molecule has 0 spiro atoms. The van der Waals surface area contributed by atoms with Crippen LogP contribution < -0.4 is 20.7 Å². The third-order valence-electron chi connectivity index (χ3n) is 9.42. The fraction of sp³-hybridized carbons (Fsp3) is 0.209. The molecule has 2 atom stereocenters. The second kappa shape index (κ2) is 12.7. The zero-order valence-electron chi connectivity index (χ0n) is 28.5. The SMILES string of the molecule is CN(C(c1cccc2c1Oc1c(P(c3ccccc3)c3ccccc3)cccc1C2(C)C)c1cccc2ccccc12)S(=O)C(C)(C)C. The highest BCUT2D eigenvalue weighted by molar-refractivity contribution is 7.84. The lowest BCUT2D eigenvalue weighted by molar-refractivity contribution is 0.390. The largest absolute Gasteiger partial charge is 0.456 e. The summed E-state index contributed by atoms with van der Waals surface area (Å²) in [5.74, 6) is 1.78. The van der Waals surface area contributed by atoms with E-state index in [9.17, 15) is 4.21 Å². The van der Waals surface area contributed by atoms with Crippen LogP contribution in [0, 0.1) is 0 Å². The third-order valence-corrected chi connectivity index (χ3v) is 13.7. The average molecular weight is 668 g/mol. The summed E-state index contributed by atoms with van der Waals surface area (Å²) in [7, 11) is -0.217. The second-order valence-electron chi connectivity index (χ2n) is 14.0. The Labute approximate surface area is 289 Å². The zero-order chi connectivity index (χ0) is 33.6. The van der Waals surface area contributed by atoms with Crippen LogP contribution in [-0.2, 0) is 16.4 Å². The Bertz CT molecular complexity index is 2080. The lowest BCUT2D eigenvalue weighted by atomic mass is 9.74. The Balaban J connectivity index is 1.47. The third kappa shape index (κ3) is 5.71. The Morgan fingerprint density at radius 2 is 1.17 bits per heavy atom. The minimum absolute atomic E-state index is 0.319. The molecule has 0 fully saturated rings. The van der Waals surface area contributed by atoms with E-state index in [0.717, 1.165) is 39.0 Å². The predicted molar refractivity (Wildman–Crippen MR) is 205 cm³/mol. The lowest BCUT2D eigenvalue weighted by Gasteiger charge is -2.40. The molecule has 0 radical (unpaired) electrons. The molecule has 0 aliphatic carbocycles. The molecule has 48 heavy (non-hydrogen) atoms. The molecule has 1 heterocycles. The Kier molecular flexibility index (Phi) is 8.62. The molecule has 0 saturated carbocycles. The molecular weight excluding hydrogens is 626 g/mol. The summed E-state index contributed by atoms with van der Waals surface area (Å²) in [5.41, 5.74) is 4.10. The first-order chi connectivity index (χ1) is 23.1. The van der Waals surface area contributed by atoms with Crippen molar-refractivity contribution in [2.75, 3.05) is 7.05 Å². The smallest absolute Gasteiger partial charge is 0.139 e. The van der Waals surface area contributed by atoms with Crippen LogP contribution in [0.25, 0.3) is 10.8 Å². The van der Waals surface area contributed by atoms with Crippen molar-refractivity contribution in [3.05, 3.63) is 162 Å². The van der Waals surface area contributed by atoms with Gasteiger partial charge in [-0.15, -0.1) is 0 Å². The van der Waals surface area contributed by atoms with E-state index in [2.05, 4.69) is 153 Å². The van der Waals surface area contributed by atoms with Gasteiger partial charge in [0.15, 0.2) is 0 Å². The van der Waals surface area contributed by atoms with Gasteiger partial charge in [-0.3, -0.25) is 0 Å². The molecule has 0 bridgehead atoms. The zero-order valence-corrected chi connectivity index (χ0v) is 30.2. The minimum Gasteiger partial charge on any atom is -0.456 e. The minimum atomic E-state index is -1.30. The van der Waals surface area contributed by atoms with Gasteiger partial charge in [0.2, 0.25) is 0 Å². The number of fused-ring (bicyclic) bond motifs is 3. The summed E-state index contributed by atoms with van der Waals surface area (Å²) >= 11 is 0. The van der Waals surface area contributed by atoms with Gasteiger partial charge in [0, 0.05) is 34.5 Å². The predicted octanol–water partition coefficient (Wildman–Crippen LogP) is 9.51. The topological polar surface area (TPSA) is 29.5 Å². The molecule has 0 N–H and O–H groups in total. The fourth-order valence-electron chi connectivity index (χ4n) is 7.08. The highest BCUT2D eigenvalue weighted by Gasteiger charge is 2.41. The van der Waals surface area contributed by atoms with Crippen LogP contribution in [0.3, 0.4) is 0 Å². The van der Waals surface area contributed by atoms with E-state index in [1.165, 1.54) is 21.5 Å². The van der Waals surface area contributed by atoms with Gasteiger partial charge >= 0.3 is 0 Å². The number of para-hydroxylation sites is 2. The van der Waals surface area contributed by atoms with Crippen LogP contribution >= 0.6 is 7.92 Å². The van der Waals surface area contributed by atoms with Gasteiger partial charge in [0.1, 0.15) is 22.5 Å². The molecule has 0 amide bonds. The Morgan fingerprint density at radius 3 is 1.81 bits per heavy atom. The van der Waals surface area contributed by atoms with Crippen molar-refractivity contribution in [1.29, 1.82) is 0 Å². The van der Waals surface area contributed by atoms with Gasteiger partial charge in [-0.1, -0.05) is 153 Å². The Hall–Kier alpha value is -4.08. The molecule has 1 aliphatic heterocycles. The summed E-state index contributed by atoms with van der Waals surface area (Å²) in [6.07, 6.45) is 0. The molecular formula is C43H42NO2PS. The molecule has 3 nitrogen and oxygen atoms in total. The van der Waals surface area contributed by atoms with Gasteiger partial charge in [-0.05, 0) is 55.6 Å². The number of hydrogen-bond donors (Lipinski definition) is 0. The van der Waals surface area contributed by atoms with Crippen LogP contribution in [0.5, 0.6) is 11.5 Å². The van der Waals surface area contributed by atoms with Crippen molar-refractivity contribution in [2.24, 2.45) is 0 Å². The second-order valence-corrected chi connectivity index (χ2v) is 18.5. The van der Waals surface area contributed by atoms with E-state index >= 15 is 0 Å². The van der Waals surface area contributed by atoms with Gasteiger partial charge in [-0.25, -0.2) is 8.51 Å². The van der Waals surface area contributed by atoms with Gasteiger partial charge < -0.3 is 4.74 Å².